The summed E-state index contributed by atoms with van der Waals surface area (Å²) in [5.74, 6) is 0.380. The van der Waals surface area contributed by atoms with Gasteiger partial charge in [0.2, 0.25) is 0 Å². The lowest BCUT2D eigenvalue weighted by Crippen LogP contribution is -2.00. The van der Waals surface area contributed by atoms with Crippen LogP contribution in [0.2, 0.25) is 0 Å². The molecule has 5 nitrogen and oxygen atoms in total. The minimum atomic E-state index is -0.891. The van der Waals surface area contributed by atoms with Crippen molar-refractivity contribution in [2.45, 2.75) is 13.3 Å². The van der Waals surface area contributed by atoms with Crippen LogP contribution in [0, 0.1) is 0 Å². The molecule has 0 saturated heterocycles. The molecule has 1 aromatic carbocycles. The van der Waals surface area contributed by atoms with Gasteiger partial charge in [0.05, 0.1) is 31.4 Å². The first-order valence-electron chi connectivity index (χ1n) is 6.12. The topological polar surface area (TPSA) is 68.7 Å². The lowest BCUT2D eigenvalue weighted by atomic mass is 10.2. The average Bonchev–Trinajstić information content (AvgIpc) is 2.86. The Labute approximate surface area is 120 Å². The molecule has 6 heteroatoms. The molecule has 0 atom stereocenters. The van der Waals surface area contributed by atoms with Crippen LogP contribution < -0.4 is 9.47 Å². The van der Waals surface area contributed by atoms with E-state index in [0.717, 1.165) is 10.6 Å². The molecule has 2 rings (SSSR count). The van der Waals surface area contributed by atoms with E-state index in [1.54, 1.807) is 12.5 Å². The molecule has 0 bridgehead atoms. The Morgan fingerprint density at radius 3 is 2.90 bits per heavy atom. The minimum Gasteiger partial charge on any atom is -0.493 e. The summed E-state index contributed by atoms with van der Waals surface area (Å²) in [6.07, 6.45) is -0.0789. The molecule has 2 aromatic rings. The Hall–Kier alpha value is -2.08. The van der Waals surface area contributed by atoms with Gasteiger partial charge >= 0.3 is 5.97 Å². The maximum atomic E-state index is 10.7. The van der Waals surface area contributed by atoms with Gasteiger partial charge in [-0.3, -0.25) is 4.79 Å². The fourth-order valence-electron chi connectivity index (χ4n) is 1.81. The van der Waals surface area contributed by atoms with Gasteiger partial charge in [-0.05, 0) is 19.1 Å². The molecule has 0 amide bonds. The van der Waals surface area contributed by atoms with Crippen molar-refractivity contribution in [2.75, 3.05) is 13.7 Å². The molecule has 0 saturated carbocycles. The van der Waals surface area contributed by atoms with E-state index >= 15 is 0 Å². The normalized spacial score (nSPS) is 10.3. The lowest BCUT2D eigenvalue weighted by Gasteiger charge is -2.12. The van der Waals surface area contributed by atoms with Gasteiger partial charge in [0.15, 0.2) is 11.5 Å². The molecule has 0 radical (unpaired) electrons. The molecule has 0 fully saturated rings. The highest BCUT2D eigenvalue weighted by molar-refractivity contribution is 7.13. The van der Waals surface area contributed by atoms with Crippen molar-refractivity contribution in [1.82, 2.24) is 4.98 Å². The predicted molar refractivity (Wildman–Crippen MR) is 76.6 cm³/mol. The summed E-state index contributed by atoms with van der Waals surface area (Å²) in [7, 11) is 1.58. The monoisotopic (exact) mass is 293 g/mol. The van der Waals surface area contributed by atoms with Crippen molar-refractivity contribution >= 4 is 17.3 Å². The third-order valence-corrected chi connectivity index (χ3v) is 3.53. The zero-order valence-corrected chi connectivity index (χ0v) is 12.1. The molecule has 0 aliphatic heterocycles. The smallest absolute Gasteiger partial charge is 0.309 e. The largest absolute Gasteiger partial charge is 0.493 e. The Kier molecular flexibility index (Phi) is 4.57. The molecule has 0 unspecified atom stereocenters. The predicted octanol–water partition coefficient (Wildman–Crippen LogP) is 2.84. The van der Waals surface area contributed by atoms with E-state index in [0.29, 0.717) is 23.8 Å². The minimum absolute atomic E-state index is 0.0789. The van der Waals surface area contributed by atoms with Gasteiger partial charge in [0.25, 0.3) is 0 Å². The van der Waals surface area contributed by atoms with Crippen molar-refractivity contribution in [3.8, 4) is 22.1 Å². The highest BCUT2D eigenvalue weighted by atomic mass is 32.1. The van der Waals surface area contributed by atoms with Crippen LogP contribution in [0.5, 0.6) is 11.5 Å². The van der Waals surface area contributed by atoms with Crippen molar-refractivity contribution in [2.24, 2.45) is 0 Å². The van der Waals surface area contributed by atoms with Crippen LogP contribution in [0.15, 0.2) is 23.6 Å². The molecule has 1 N–H and O–H groups in total. The lowest BCUT2D eigenvalue weighted by molar-refractivity contribution is -0.136. The summed E-state index contributed by atoms with van der Waals surface area (Å²) in [6, 6.07) is 5.56. The van der Waals surface area contributed by atoms with Gasteiger partial charge in [0, 0.05) is 5.38 Å². The third kappa shape index (κ3) is 3.08. The van der Waals surface area contributed by atoms with E-state index in [-0.39, 0.29) is 6.42 Å². The van der Waals surface area contributed by atoms with E-state index in [1.165, 1.54) is 11.3 Å². The number of thiazole rings is 1. The van der Waals surface area contributed by atoms with Crippen molar-refractivity contribution in [3.63, 3.8) is 0 Å². The third-order valence-electron chi connectivity index (χ3n) is 2.60. The van der Waals surface area contributed by atoms with Crippen LogP contribution in [-0.4, -0.2) is 29.8 Å². The van der Waals surface area contributed by atoms with Gasteiger partial charge in [-0.15, -0.1) is 11.3 Å². The van der Waals surface area contributed by atoms with Crippen LogP contribution in [0.3, 0.4) is 0 Å². The quantitative estimate of drug-likeness (QED) is 0.887. The summed E-state index contributed by atoms with van der Waals surface area (Å²) < 4.78 is 10.9. The van der Waals surface area contributed by atoms with Crippen LogP contribution in [0.1, 0.15) is 12.6 Å². The first-order valence-corrected chi connectivity index (χ1v) is 7.00. The van der Waals surface area contributed by atoms with Crippen LogP contribution in [-0.2, 0) is 11.2 Å². The van der Waals surface area contributed by atoms with Crippen LogP contribution in [0.4, 0.5) is 0 Å². The Morgan fingerprint density at radius 1 is 1.45 bits per heavy atom. The van der Waals surface area contributed by atoms with Gasteiger partial charge in [-0.1, -0.05) is 6.07 Å². The van der Waals surface area contributed by atoms with Crippen LogP contribution in [0.25, 0.3) is 10.6 Å². The summed E-state index contributed by atoms with van der Waals surface area (Å²) in [4.78, 5) is 15.0. The summed E-state index contributed by atoms with van der Waals surface area (Å²) in [5.41, 5.74) is 1.36. The molecule has 0 aliphatic carbocycles. The van der Waals surface area contributed by atoms with Crippen molar-refractivity contribution in [1.29, 1.82) is 0 Å². The number of methoxy groups -OCH3 is 1. The van der Waals surface area contributed by atoms with E-state index in [4.69, 9.17) is 14.6 Å². The molecule has 1 heterocycles. The van der Waals surface area contributed by atoms with E-state index < -0.39 is 5.97 Å². The van der Waals surface area contributed by atoms with Gasteiger partial charge < -0.3 is 14.6 Å². The molecular weight excluding hydrogens is 278 g/mol. The van der Waals surface area contributed by atoms with Gasteiger partial charge in [-0.2, -0.15) is 0 Å². The second-order valence-electron chi connectivity index (χ2n) is 3.98. The Bertz CT molecular complexity index is 609. The van der Waals surface area contributed by atoms with Crippen LogP contribution >= 0.6 is 11.3 Å². The highest BCUT2D eigenvalue weighted by Gasteiger charge is 2.15. The summed E-state index contributed by atoms with van der Waals surface area (Å²) >= 11 is 1.39. The standard InChI is InChI=1S/C14H15NO4S/c1-3-19-13-10(5-4-6-11(13)18-2)14-15-9(8-20-14)7-12(16)17/h4-6,8H,3,7H2,1-2H3,(H,16,17). The maximum absolute atomic E-state index is 10.7. The number of carbonyl (C=O) groups is 1. The van der Waals surface area contributed by atoms with E-state index in [1.807, 2.05) is 25.1 Å². The first kappa shape index (κ1) is 14.3. The number of aromatic nitrogens is 1. The Morgan fingerprint density at radius 2 is 2.25 bits per heavy atom. The van der Waals surface area contributed by atoms with Gasteiger partial charge in [-0.25, -0.2) is 4.98 Å². The first-order chi connectivity index (χ1) is 9.65. The number of ether oxygens (including phenoxy) is 2. The fourth-order valence-corrected chi connectivity index (χ4v) is 2.65. The molecular formula is C14H15NO4S. The second-order valence-corrected chi connectivity index (χ2v) is 4.84. The van der Waals surface area contributed by atoms with Crippen molar-refractivity contribution in [3.05, 3.63) is 29.3 Å². The molecule has 20 heavy (non-hydrogen) atoms. The number of hydrogen-bond acceptors (Lipinski definition) is 5. The number of para-hydroxylation sites is 1. The average molecular weight is 293 g/mol. The summed E-state index contributed by atoms with van der Waals surface area (Å²) in [6.45, 7) is 2.41. The van der Waals surface area contributed by atoms with Gasteiger partial charge in [0.1, 0.15) is 5.01 Å². The highest BCUT2D eigenvalue weighted by Crippen LogP contribution is 2.39. The number of benzene rings is 1. The molecule has 106 valence electrons. The number of hydrogen-bond donors (Lipinski definition) is 1. The second kappa shape index (κ2) is 6.38. The molecule has 1 aromatic heterocycles. The number of carboxylic acid groups (broad SMARTS) is 1. The fraction of sp³-hybridized carbons (Fsp3) is 0.286. The molecule has 0 spiro atoms. The van der Waals surface area contributed by atoms with Crippen molar-refractivity contribution < 1.29 is 19.4 Å². The van der Waals surface area contributed by atoms with E-state index in [2.05, 4.69) is 4.98 Å². The molecule has 0 aliphatic rings. The number of carboxylic acids is 1. The number of nitrogens with zero attached hydrogens (tertiary/aromatic N) is 1. The SMILES string of the molecule is CCOc1c(OC)cccc1-c1nc(CC(=O)O)cs1. The number of rotatable bonds is 6. The number of aliphatic carboxylic acids is 1. The zero-order valence-electron chi connectivity index (χ0n) is 11.3. The summed E-state index contributed by atoms with van der Waals surface area (Å²) in [5, 5.41) is 11.3. The zero-order chi connectivity index (χ0) is 14.5. The Balaban J connectivity index is 2.41. The van der Waals surface area contributed by atoms with E-state index in [9.17, 15) is 4.79 Å². The maximum Gasteiger partial charge on any atom is 0.309 e.